The summed E-state index contributed by atoms with van der Waals surface area (Å²) in [6.07, 6.45) is 5.21. The molecule has 1 heterocycles. The minimum Gasteiger partial charge on any atom is -0.361 e. The lowest BCUT2D eigenvalue weighted by Crippen LogP contribution is -2.28. The molecular formula is C19H24N2O2. The van der Waals surface area contributed by atoms with Crippen LogP contribution in [0.25, 0.3) is 0 Å². The highest BCUT2D eigenvalue weighted by Crippen LogP contribution is 2.25. The van der Waals surface area contributed by atoms with Crippen molar-refractivity contribution in [1.82, 2.24) is 10.5 Å². The summed E-state index contributed by atoms with van der Waals surface area (Å²) in [7, 11) is 0. The minimum absolute atomic E-state index is 0.00428. The van der Waals surface area contributed by atoms with Gasteiger partial charge in [-0.25, -0.2) is 0 Å². The summed E-state index contributed by atoms with van der Waals surface area (Å²) in [5.74, 6) is 0.726. The van der Waals surface area contributed by atoms with E-state index in [0.29, 0.717) is 6.42 Å². The van der Waals surface area contributed by atoms with Crippen LogP contribution in [0.15, 0.2) is 22.7 Å². The van der Waals surface area contributed by atoms with E-state index in [9.17, 15) is 4.79 Å². The highest BCUT2D eigenvalue weighted by molar-refractivity contribution is 5.79. The van der Waals surface area contributed by atoms with Gasteiger partial charge in [-0.1, -0.05) is 23.4 Å². The Morgan fingerprint density at radius 2 is 2.00 bits per heavy atom. The fourth-order valence-corrected chi connectivity index (χ4v) is 3.31. The molecule has 122 valence electrons. The molecule has 4 nitrogen and oxygen atoms in total. The van der Waals surface area contributed by atoms with E-state index in [2.05, 4.69) is 28.7 Å². The Labute approximate surface area is 137 Å². The molecule has 1 aliphatic carbocycles. The van der Waals surface area contributed by atoms with Crippen molar-refractivity contribution in [2.75, 3.05) is 0 Å². The van der Waals surface area contributed by atoms with E-state index < -0.39 is 0 Å². The molecule has 0 saturated heterocycles. The average molecular weight is 312 g/mol. The molecule has 0 spiro atoms. The molecule has 0 saturated carbocycles. The number of hydrogen-bond donors (Lipinski definition) is 1. The van der Waals surface area contributed by atoms with E-state index in [1.54, 1.807) is 0 Å². The normalized spacial score (nSPS) is 15.1. The summed E-state index contributed by atoms with van der Waals surface area (Å²) in [5.41, 5.74) is 5.77. The number of amides is 1. The third-order valence-electron chi connectivity index (χ3n) is 4.77. The Morgan fingerprint density at radius 1 is 1.26 bits per heavy atom. The van der Waals surface area contributed by atoms with Gasteiger partial charge in [0, 0.05) is 5.56 Å². The number of carbonyl (C=O) groups excluding carboxylic acids is 1. The van der Waals surface area contributed by atoms with Gasteiger partial charge in [-0.05, 0) is 63.1 Å². The molecule has 2 aromatic rings. The Balaban J connectivity index is 1.66. The number of rotatable bonds is 4. The summed E-state index contributed by atoms with van der Waals surface area (Å²) in [6, 6.07) is 6.64. The molecule has 4 heteroatoms. The maximum atomic E-state index is 12.3. The Bertz CT molecular complexity index is 699. The lowest BCUT2D eigenvalue weighted by Gasteiger charge is -2.20. The van der Waals surface area contributed by atoms with Crippen molar-refractivity contribution in [3.63, 3.8) is 0 Å². The zero-order chi connectivity index (χ0) is 16.4. The number of carbonyl (C=O) groups is 1. The molecule has 1 amide bonds. The first kappa shape index (κ1) is 15.8. The van der Waals surface area contributed by atoms with Gasteiger partial charge in [0.05, 0.1) is 18.2 Å². The van der Waals surface area contributed by atoms with E-state index in [-0.39, 0.29) is 11.9 Å². The summed E-state index contributed by atoms with van der Waals surface area (Å²) in [4.78, 5) is 12.3. The predicted molar refractivity (Wildman–Crippen MR) is 89.3 cm³/mol. The smallest absolute Gasteiger partial charge is 0.225 e. The third-order valence-corrected chi connectivity index (χ3v) is 4.77. The largest absolute Gasteiger partial charge is 0.361 e. The van der Waals surface area contributed by atoms with Gasteiger partial charge >= 0.3 is 0 Å². The van der Waals surface area contributed by atoms with Crippen LogP contribution in [-0.2, 0) is 24.1 Å². The van der Waals surface area contributed by atoms with Crippen LogP contribution in [0.4, 0.5) is 0 Å². The lowest BCUT2D eigenvalue weighted by atomic mass is 9.89. The molecule has 0 radical (unpaired) electrons. The van der Waals surface area contributed by atoms with Crippen LogP contribution < -0.4 is 5.32 Å². The van der Waals surface area contributed by atoms with Crippen molar-refractivity contribution in [3.8, 4) is 0 Å². The maximum absolute atomic E-state index is 12.3. The summed E-state index contributed by atoms with van der Waals surface area (Å²) < 4.78 is 5.12. The lowest BCUT2D eigenvalue weighted by molar-refractivity contribution is -0.121. The van der Waals surface area contributed by atoms with Crippen LogP contribution in [0.5, 0.6) is 0 Å². The van der Waals surface area contributed by atoms with E-state index in [1.165, 1.54) is 36.0 Å². The van der Waals surface area contributed by atoms with Gasteiger partial charge in [-0.15, -0.1) is 0 Å². The van der Waals surface area contributed by atoms with Crippen molar-refractivity contribution < 1.29 is 9.32 Å². The van der Waals surface area contributed by atoms with E-state index >= 15 is 0 Å². The number of nitrogens with one attached hydrogen (secondary N) is 1. The second-order valence-electron chi connectivity index (χ2n) is 6.50. The number of fused-ring (bicyclic) bond motifs is 1. The molecule has 1 aliphatic rings. The quantitative estimate of drug-likeness (QED) is 0.938. The van der Waals surface area contributed by atoms with Crippen molar-refractivity contribution >= 4 is 5.91 Å². The summed E-state index contributed by atoms with van der Waals surface area (Å²) >= 11 is 0. The van der Waals surface area contributed by atoms with E-state index in [0.717, 1.165) is 23.4 Å². The minimum atomic E-state index is 0.00428. The van der Waals surface area contributed by atoms with Gasteiger partial charge in [-0.3, -0.25) is 4.79 Å². The van der Waals surface area contributed by atoms with Gasteiger partial charge in [0.2, 0.25) is 5.91 Å². The second-order valence-corrected chi connectivity index (χ2v) is 6.50. The fourth-order valence-electron chi connectivity index (χ4n) is 3.31. The standard InChI is InChI=1S/C19H24N2O2/c1-12(16-9-8-15-6-4-5-7-17(15)10-16)20-19(22)11-18-13(2)21-23-14(18)3/h8-10,12H,4-7,11H2,1-3H3,(H,20,22)/t12-/m0/s1. The van der Waals surface area contributed by atoms with Gasteiger partial charge in [0.15, 0.2) is 0 Å². The SMILES string of the molecule is Cc1noc(C)c1CC(=O)N[C@@H](C)c1ccc2c(c1)CCCC2. The van der Waals surface area contributed by atoms with Crippen molar-refractivity contribution in [3.05, 3.63) is 51.9 Å². The topological polar surface area (TPSA) is 55.1 Å². The molecule has 0 fully saturated rings. The number of aromatic nitrogens is 1. The molecule has 0 aliphatic heterocycles. The second kappa shape index (κ2) is 6.57. The summed E-state index contributed by atoms with van der Waals surface area (Å²) in [5, 5.41) is 6.99. The molecule has 3 rings (SSSR count). The molecule has 1 N–H and O–H groups in total. The first-order valence-electron chi connectivity index (χ1n) is 8.37. The Kier molecular flexibility index (Phi) is 4.51. The van der Waals surface area contributed by atoms with Crippen molar-refractivity contribution in [1.29, 1.82) is 0 Å². The highest BCUT2D eigenvalue weighted by Gasteiger charge is 2.17. The van der Waals surface area contributed by atoms with Crippen LogP contribution in [0.1, 0.15) is 59.5 Å². The zero-order valence-electron chi connectivity index (χ0n) is 14.1. The first-order valence-corrected chi connectivity index (χ1v) is 8.37. The maximum Gasteiger partial charge on any atom is 0.225 e. The number of benzene rings is 1. The van der Waals surface area contributed by atoms with Crippen LogP contribution >= 0.6 is 0 Å². The molecule has 23 heavy (non-hydrogen) atoms. The van der Waals surface area contributed by atoms with Gasteiger partial charge in [0.25, 0.3) is 0 Å². The van der Waals surface area contributed by atoms with Crippen LogP contribution in [0, 0.1) is 13.8 Å². The zero-order valence-corrected chi connectivity index (χ0v) is 14.1. The monoisotopic (exact) mass is 312 g/mol. The summed E-state index contributed by atoms with van der Waals surface area (Å²) in [6.45, 7) is 5.75. The number of nitrogens with zero attached hydrogens (tertiary/aromatic N) is 1. The first-order chi connectivity index (χ1) is 11.0. The molecule has 1 aromatic carbocycles. The highest BCUT2D eigenvalue weighted by atomic mass is 16.5. The third kappa shape index (κ3) is 3.46. The van der Waals surface area contributed by atoms with E-state index in [1.807, 2.05) is 20.8 Å². The van der Waals surface area contributed by atoms with Crippen LogP contribution in [0.2, 0.25) is 0 Å². The van der Waals surface area contributed by atoms with E-state index in [4.69, 9.17) is 4.52 Å². The molecule has 0 bridgehead atoms. The fraction of sp³-hybridized carbons (Fsp3) is 0.474. The van der Waals surface area contributed by atoms with Gasteiger partial charge in [-0.2, -0.15) is 0 Å². The Hall–Kier alpha value is -2.10. The molecule has 1 aromatic heterocycles. The molecule has 1 atom stereocenters. The Morgan fingerprint density at radius 3 is 2.70 bits per heavy atom. The van der Waals surface area contributed by atoms with Crippen molar-refractivity contribution in [2.24, 2.45) is 0 Å². The predicted octanol–water partition coefficient (Wildman–Crippen LogP) is 3.59. The molecule has 0 unspecified atom stereocenters. The van der Waals surface area contributed by atoms with Crippen LogP contribution in [-0.4, -0.2) is 11.1 Å². The number of aryl methyl sites for hydroxylation is 4. The van der Waals surface area contributed by atoms with Crippen molar-refractivity contribution in [2.45, 2.75) is 58.9 Å². The average Bonchev–Trinajstić information content (AvgIpc) is 2.86. The number of hydrogen-bond acceptors (Lipinski definition) is 3. The van der Waals surface area contributed by atoms with Gasteiger partial charge < -0.3 is 9.84 Å². The molecular weight excluding hydrogens is 288 g/mol. The van der Waals surface area contributed by atoms with Gasteiger partial charge in [0.1, 0.15) is 5.76 Å². The van der Waals surface area contributed by atoms with Crippen LogP contribution in [0.3, 0.4) is 0 Å².